The zero-order valence-corrected chi connectivity index (χ0v) is 8.06. The van der Waals surface area contributed by atoms with Crippen molar-refractivity contribution in [2.24, 2.45) is 0 Å². The zero-order valence-electron chi connectivity index (χ0n) is 7.24. The molecule has 0 radical (unpaired) electrons. The van der Waals surface area contributed by atoms with E-state index in [2.05, 4.69) is 11.2 Å². The lowest BCUT2D eigenvalue weighted by molar-refractivity contribution is -0.133. The Morgan fingerprint density at radius 1 is 1.62 bits per heavy atom. The van der Waals surface area contributed by atoms with Crippen LogP contribution in [0.15, 0.2) is 0 Å². The second-order valence-electron chi connectivity index (χ2n) is 2.34. The Morgan fingerprint density at radius 3 is 2.69 bits per heavy atom. The number of carboxylic acids is 1. The van der Waals surface area contributed by atoms with Gasteiger partial charge in [-0.15, -0.1) is 18.2 Å². The third-order valence-corrected chi connectivity index (χ3v) is 2.00. The molecule has 2 N–H and O–H groups in total. The summed E-state index contributed by atoms with van der Waals surface area (Å²) in [6, 6.07) is -0.307. The summed E-state index contributed by atoms with van der Waals surface area (Å²) < 4.78 is 0. The summed E-state index contributed by atoms with van der Waals surface area (Å²) in [6.07, 6.45) is 5.03. The lowest BCUT2D eigenvalue weighted by atomic mass is 10.3. The van der Waals surface area contributed by atoms with Crippen LogP contribution in [0.1, 0.15) is 6.92 Å². The van der Waals surface area contributed by atoms with E-state index in [1.165, 1.54) is 0 Å². The number of amides is 1. The number of hydrogen-bond donors (Lipinski definition) is 2. The number of terminal acetylenes is 1. The van der Waals surface area contributed by atoms with E-state index in [1.807, 2.05) is 0 Å². The smallest absolute Gasteiger partial charge is 0.313 e. The molecule has 0 fully saturated rings. The third kappa shape index (κ3) is 7.22. The van der Waals surface area contributed by atoms with Gasteiger partial charge in [-0.1, -0.05) is 5.92 Å². The first-order valence-electron chi connectivity index (χ1n) is 3.61. The van der Waals surface area contributed by atoms with Crippen LogP contribution in [0.2, 0.25) is 0 Å². The van der Waals surface area contributed by atoms with Gasteiger partial charge < -0.3 is 10.4 Å². The normalized spacial score (nSPS) is 11.4. The maximum absolute atomic E-state index is 11.0. The molecule has 0 aromatic rings. The largest absolute Gasteiger partial charge is 0.481 e. The Kier molecular flexibility index (Phi) is 5.81. The topological polar surface area (TPSA) is 66.4 Å². The predicted molar refractivity (Wildman–Crippen MR) is 51.4 cm³/mol. The van der Waals surface area contributed by atoms with Gasteiger partial charge in [0.25, 0.3) is 0 Å². The van der Waals surface area contributed by atoms with Crippen molar-refractivity contribution >= 4 is 23.6 Å². The zero-order chi connectivity index (χ0) is 10.3. The quantitative estimate of drug-likeness (QED) is 0.612. The van der Waals surface area contributed by atoms with Crippen molar-refractivity contribution in [1.82, 2.24) is 5.32 Å². The van der Waals surface area contributed by atoms with Crippen molar-refractivity contribution in [3.8, 4) is 12.3 Å². The number of carboxylic acid groups (broad SMARTS) is 1. The molecule has 13 heavy (non-hydrogen) atoms. The van der Waals surface area contributed by atoms with Crippen LogP contribution in [0.5, 0.6) is 0 Å². The molecule has 0 spiro atoms. The Hall–Kier alpha value is -1.15. The molecule has 0 bridgehead atoms. The summed E-state index contributed by atoms with van der Waals surface area (Å²) >= 11 is 1.04. The Bertz CT molecular complexity index is 234. The van der Waals surface area contributed by atoms with E-state index >= 15 is 0 Å². The fraction of sp³-hybridized carbons (Fsp3) is 0.500. The van der Waals surface area contributed by atoms with Crippen LogP contribution in [0, 0.1) is 12.3 Å². The summed E-state index contributed by atoms with van der Waals surface area (Å²) in [5, 5.41) is 10.8. The molecule has 0 aromatic heterocycles. The summed E-state index contributed by atoms with van der Waals surface area (Å²) in [5.74, 6) is 1.22. The molecule has 72 valence electrons. The van der Waals surface area contributed by atoms with Gasteiger partial charge in [0.1, 0.15) is 0 Å². The summed E-state index contributed by atoms with van der Waals surface area (Å²) in [4.78, 5) is 21.0. The predicted octanol–water partition coefficient (Wildman–Crippen LogP) is -0.0579. The highest BCUT2D eigenvalue weighted by atomic mass is 32.2. The molecule has 1 unspecified atom stereocenters. The lowest BCUT2D eigenvalue weighted by Gasteiger charge is -2.06. The molecular weight excluding hydrogens is 190 g/mol. The lowest BCUT2D eigenvalue weighted by Crippen LogP contribution is -2.32. The minimum atomic E-state index is -0.928. The first-order chi connectivity index (χ1) is 6.06. The van der Waals surface area contributed by atoms with E-state index in [0.717, 1.165) is 11.8 Å². The molecule has 1 amide bonds. The highest BCUT2D eigenvalue weighted by Crippen LogP contribution is 1.98. The maximum Gasteiger partial charge on any atom is 0.313 e. The molecule has 0 saturated heterocycles. The van der Waals surface area contributed by atoms with Gasteiger partial charge in [0.2, 0.25) is 5.91 Å². The monoisotopic (exact) mass is 201 g/mol. The Labute approximate surface area is 81.1 Å². The molecule has 4 nitrogen and oxygen atoms in total. The van der Waals surface area contributed by atoms with Crippen molar-refractivity contribution in [1.29, 1.82) is 0 Å². The summed E-state index contributed by atoms with van der Waals surface area (Å²) in [7, 11) is 0. The molecule has 0 aliphatic carbocycles. The number of thioether (sulfide) groups is 1. The van der Waals surface area contributed by atoms with Crippen LogP contribution < -0.4 is 5.32 Å². The summed E-state index contributed by atoms with van der Waals surface area (Å²) in [6.45, 7) is 1.68. The van der Waals surface area contributed by atoms with Crippen LogP contribution in [-0.2, 0) is 9.59 Å². The Morgan fingerprint density at radius 2 is 2.23 bits per heavy atom. The van der Waals surface area contributed by atoms with E-state index in [1.54, 1.807) is 6.92 Å². The first-order valence-corrected chi connectivity index (χ1v) is 4.76. The summed E-state index contributed by atoms with van der Waals surface area (Å²) in [5.41, 5.74) is 0. The minimum Gasteiger partial charge on any atom is -0.481 e. The fourth-order valence-corrected chi connectivity index (χ4v) is 1.10. The first kappa shape index (κ1) is 11.8. The van der Waals surface area contributed by atoms with Crippen molar-refractivity contribution < 1.29 is 14.7 Å². The van der Waals surface area contributed by atoms with E-state index in [0.29, 0.717) is 0 Å². The highest BCUT2D eigenvalue weighted by Gasteiger charge is 2.05. The van der Waals surface area contributed by atoms with Gasteiger partial charge in [-0.3, -0.25) is 9.59 Å². The second-order valence-corrected chi connectivity index (χ2v) is 3.33. The van der Waals surface area contributed by atoms with E-state index in [9.17, 15) is 9.59 Å². The molecule has 1 atom stereocenters. The number of carbonyl (C=O) groups is 2. The van der Waals surface area contributed by atoms with Gasteiger partial charge in [-0.05, 0) is 6.92 Å². The average molecular weight is 201 g/mol. The van der Waals surface area contributed by atoms with Crippen molar-refractivity contribution in [2.75, 3.05) is 11.5 Å². The van der Waals surface area contributed by atoms with Gasteiger partial charge >= 0.3 is 5.97 Å². The fourth-order valence-electron chi connectivity index (χ4n) is 0.556. The minimum absolute atomic E-state index is 0.0716. The molecule has 0 rings (SSSR count). The average Bonchev–Trinajstić information content (AvgIpc) is 2.03. The third-order valence-electron chi connectivity index (χ3n) is 1.09. The van der Waals surface area contributed by atoms with Crippen molar-refractivity contribution in [3.05, 3.63) is 0 Å². The van der Waals surface area contributed by atoms with E-state index < -0.39 is 5.97 Å². The molecule has 0 aliphatic heterocycles. The van der Waals surface area contributed by atoms with Crippen LogP contribution >= 0.6 is 11.8 Å². The SMILES string of the molecule is C#CC(C)NC(=O)CSCC(=O)O. The van der Waals surface area contributed by atoms with Gasteiger partial charge in [-0.2, -0.15) is 0 Å². The van der Waals surface area contributed by atoms with Gasteiger partial charge in [0.05, 0.1) is 17.5 Å². The highest BCUT2D eigenvalue weighted by molar-refractivity contribution is 8.00. The standard InChI is InChI=1S/C8H11NO3S/c1-3-6(2)9-7(10)4-13-5-8(11)12/h1,6H,4-5H2,2H3,(H,9,10)(H,11,12). The van der Waals surface area contributed by atoms with Crippen LogP contribution in [0.25, 0.3) is 0 Å². The molecule has 0 saturated carbocycles. The maximum atomic E-state index is 11.0. The number of carbonyl (C=O) groups excluding carboxylic acids is 1. The van der Waals surface area contributed by atoms with Crippen LogP contribution in [-0.4, -0.2) is 34.5 Å². The molecule has 0 heterocycles. The second kappa shape index (κ2) is 6.38. The van der Waals surface area contributed by atoms with Crippen molar-refractivity contribution in [3.63, 3.8) is 0 Å². The van der Waals surface area contributed by atoms with Crippen molar-refractivity contribution in [2.45, 2.75) is 13.0 Å². The number of hydrogen-bond acceptors (Lipinski definition) is 3. The van der Waals surface area contributed by atoms with Gasteiger partial charge in [0.15, 0.2) is 0 Å². The Balaban J connectivity index is 3.53. The number of nitrogens with one attached hydrogen (secondary N) is 1. The van der Waals surface area contributed by atoms with E-state index in [-0.39, 0.29) is 23.5 Å². The van der Waals surface area contributed by atoms with Crippen LogP contribution in [0.4, 0.5) is 0 Å². The molecule has 5 heteroatoms. The number of rotatable bonds is 5. The van der Waals surface area contributed by atoms with Crippen LogP contribution in [0.3, 0.4) is 0 Å². The van der Waals surface area contributed by atoms with Gasteiger partial charge in [0, 0.05) is 0 Å². The van der Waals surface area contributed by atoms with E-state index in [4.69, 9.17) is 11.5 Å². The van der Waals surface area contributed by atoms with Gasteiger partial charge in [-0.25, -0.2) is 0 Å². The number of aliphatic carboxylic acids is 1. The molecule has 0 aliphatic rings. The molecule has 0 aromatic carbocycles. The molecular formula is C8H11NO3S.